The molecule has 2 bridgehead atoms. The number of hydrogen-bond donors (Lipinski definition) is 1. The van der Waals surface area contributed by atoms with E-state index in [2.05, 4.69) is 26.9 Å². The summed E-state index contributed by atoms with van der Waals surface area (Å²) in [5.41, 5.74) is 2.87. The van der Waals surface area contributed by atoms with Crippen LogP contribution < -0.4 is 15.0 Å². The molecule has 3 atom stereocenters. The van der Waals surface area contributed by atoms with E-state index in [1.807, 2.05) is 19.2 Å². The second-order valence-electron chi connectivity index (χ2n) is 8.22. The molecule has 2 fully saturated rings. The molecule has 7 nitrogen and oxygen atoms in total. The van der Waals surface area contributed by atoms with Crippen molar-refractivity contribution < 1.29 is 9.13 Å². The SMILES string of the molecule is C=C1N[C@@H](C)COc2ncc(F)cc2[C@@]23C[C@@H]2CCN3c2ccn3ncc1c3n2. The maximum absolute atomic E-state index is 14.2. The van der Waals surface area contributed by atoms with Crippen LogP contribution in [0, 0.1) is 11.7 Å². The lowest BCUT2D eigenvalue weighted by Gasteiger charge is -2.31. The first-order valence-corrected chi connectivity index (χ1v) is 9.93. The van der Waals surface area contributed by atoms with Gasteiger partial charge in [-0.25, -0.2) is 18.9 Å². The maximum Gasteiger partial charge on any atom is 0.219 e. The highest BCUT2D eigenvalue weighted by Crippen LogP contribution is 2.64. The molecule has 1 saturated carbocycles. The van der Waals surface area contributed by atoms with Crippen LogP contribution in [0.4, 0.5) is 10.2 Å². The molecule has 0 aromatic carbocycles. The third-order valence-electron chi connectivity index (χ3n) is 6.39. The second kappa shape index (κ2) is 5.68. The zero-order valence-electron chi connectivity index (χ0n) is 16.1. The van der Waals surface area contributed by atoms with E-state index in [1.165, 1.54) is 6.20 Å². The van der Waals surface area contributed by atoms with Crippen molar-refractivity contribution in [2.75, 3.05) is 18.1 Å². The summed E-state index contributed by atoms with van der Waals surface area (Å²) in [6, 6.07) is 3.53. The van der Waals surface area contributed by atoms with Crippen LogP contribution in [0.1, 0.15) is 30.9 Å². The smallest absolute Gasteiger partial charge is 0.219 e. The minimum atomic E-state index is -0.343. The monoisotopic (exact) mass is 392 g/mol. The van der Waals surface area contributed by atoms with E-state index in [4.69, 9.17) is 9.72 Å². The predicted molar refractivity (Wildman–Crippen MR) is 106 cm³/mol. The average molecular weight is 392 g/mol. The summed E-state index contributed by atoms with van der Waals surface area (Å²) in [6.45, 7) is 7.44. The Kier molecular flexibility index (Phi) is 3.29. The van der Waals surface area contributed by atoms with Gasteiger partial charge in [-0.1, -0.05) is 6.58 Å². The number of ether oxygens (including phenoxy) is 1. The zero-order valence-corrected chi connectivity index (χ0v) is 16.1. The van der Waals surface area contributed by atoms with E-state index < -0.39 is 0 Å². The normalized spacial score (nSPS) is 27.8. The number of halogens is 1. The van der Waals surface area contributed by atoms with Gasteiger partial charge in [-0.2, -0.15) is 5.10 Å². The van der Waals surface area contributed by atoms with Crippen LogP contribution >= 0.6 is 0 Å². The van der Waals surface area contributed by atoms with E-state index in [0.29, 0.717) is 18.4 Å². The Morgan fingerprint density at radius 2 is 2.28 bits per heavy atom. The van der Waals surface area contributed by atoms with E-state index in [-0.39, 0.29) is 17.4 Å². The van der Waals surface area contributed by atoms with Crippen LogP contribution in [-0.4, -0.2) is 38.8 Å². The van der Waals surface area contributed by atoms with Crippen LogP contribution in [-0.2, 0) is 5.54 Å². The summed E-state index contributed by atoms with van der Waals surface area (Å²) in [7, 11) is 0. The van der Waals surface area contributed by atoms with Gasteiger partial charge in [-0.15, -0.1) is 0 Å². The molecule has 8 heteroatoms. The lowest BCUT2D eigenvalue weighted by Crippen LogP contribution is -2.35. The molecule has 3 aromatic rings. The molecule has 3 aromatic heterocycles. The number of aromatic nitrogens is 4. The third-order valence-corrected chi connectivity index (χ3v) is 6.39. The summed E-state index contributed by atoms with van der Waals surface area (Å²) < 4.78 is 22.1. The molecule has 3 aliphatic rings. The summed E-state index contributed by atoms with van der Waals surface area (Å²) in [6.07, 6.45) is 6.92. The molecule has 1 aliphatic carbocycles. The van der Waals surface area contributed by atoms with Crippen molar-refractivity contribution in [1.29, 1.82) is 0 Å². The topological polar surface area (TPSA) is 67.6 Å². The largest absolute Gasteiger partial charge is 0.475 e. The van der Waals surface area contributed by atoms with Gasteiger partial charge in [0, 0.05) is 24.0 Å². The standard InChI is InChI=1S/C21H21FN6O/c1-12-11-29-20-17(7-15(22)9-23-20)21-8-14(21)3-5-27(21)18-4-6-28-19(26-18)16(10-24-28)13(2)25-12/h4,6-7,9-10,12,14,25H,2-3,5,8,11H2,1H3/t12-,14-,21+/m0/s1. The fourth-order valence-electron chi connectivity index (χ4n) is 4.96. The van der Waals surface area contributed by atoms with Crippen molar-refractivity contribution in [2.45, 2.75) is 31.3 Å². The van der Waals surface area contributed by atoms with Crippen molar-refractivity contribution >= 4 is 17.2 Å². The number of nitrogens with zero attached hydrogens (tertiary/aromatic N) is 5. The fourth-order valence-corrected chi connectivity index (χ4v) is 4.96. The van der Waals surface area contributed by atoms with Gasteiger partial charge in [-0.3, -0.25) is 0 Å². The second-order valence-corrected chi connectivity index (χ2v) is 8.22. The molecule has 1 N–H and O–H groups in total. The van der Waals surface area contributed by atoms with Crippen molar-refractivity contribution in [2.24, 2.45) is 5.92 Å². The predicted octanol–water partition coefficient (Wildman–Crippen LogP) is 2.73. The Hall–Kier alpha value is -3.16. The number of rotatable bonds is 0. The highest BCUT2D eigenvalue weighted by Gasteiger charge is 2.65. The maximum atomic E-state index is 14.2. The lowest BCUT2D eigenvalue weighted by molar-refractivity contribution is 0.268. The average Bonchev–Trinajstić information content (AvgIpc) is 3.09. The fraction of sp³-hybridized carbons (Fsp3) is 0.381. The Morgan fingerprint density at radius 3 is 3.14 bits per heavy atom. The molecular weight excluding hydrogens is 371 g/mol. The summed E-state index contributed by atoms with van der Waals surface area (Å²) >= 11 is 0. The van der Waals surface area contributed by atoms with Gasteiger partial charge in [0.25, 0.3) is 0 Å². The molecule has 5 heterocycles. The minimum Gasteiger partial charge on any atom is -0.475 e. The number of nitrogens with one attached hydrogen (secondary N) is 1. The van der Waals surface area contributed by atoms with E-state index in [9.17, 15) is 4.39 Å². The third kappa shape index (κ3) is 2.31. The molecule has 0 radical (unpaired) electrons. The van der Waals surface area contributed by atoms with Gasteiger partial charge in [0.05, 0.1) is 29.5 Å². The number of hydrogen-bond acceptors (Lipinski definition) is 6. The van der Waals surface area contributed by atoms with Crippen molar-refractivity contribution in [3.8, 4) is 5.88 Å². The molecule has 1 spiro atoms. The number of anilines is 1. The van der Waals surface area contributed by atoms with Crippen molar-refractivity contribution in [3.05, 3.63) is 54.2 Å². The molecular formula is C21H21FN6O. The molecule has 29 heavy (non-hydrogen) atoms. The zero-order chi connectivity index (χ0) is 19.8. The van der Waals surface area contributed by atoms with Crippen LogP contribution in [0.25, 0.3) is 11.3 Å². The van der Waals surface area contributed by atoms with E-state index in [1.54, 1.807) is 16.8 Å². The van der Waals surface area contributed by atoms with Gasteiger partial charge in [-0.05, 0) is 37.8 Å². The Bertz CT molecular complexity index is 1160. The van der Waals surface area contributed by atoms with E-state index >= 15 is 0 Å². The van der Waals surface area contributed by atoms with Crippen molar-refractivity contribution in [3.63, 3.8) is 0 Å². The number of pyridine rings is 1. The van der Waals surface area contributed by atoms with Gasteiger partial charge < -0.3 is 15.0 Å². The number of piperidine rings is 1. The Labute approximate surface area is 167 Å². The Morgan fingerprint density at radius 1 is 1.38 bits per heavy atom. The first-order chi connectivity index (χ1) is 14.1. The van der Waals surface area contributed by atoms with Gasteiger partial charge in [0.15, 0.2) is 5.65 Å². The molecule has 1 saturated heterocycles. The molecule has 0 unspecified atom stereocenters. The number of fused-ring (bicyclic) bond motifs is 3. The van der Waals surface area contributed by atoms with Crippen LogP contribution in [0.5, 0.6) is 5.88 Å². The summed E-state index contributed by atoms with van der Waals surface area (Å²) in [4.78, 5) is 11.5. The van der Waals surface area contributed by atoms with Gasteiger partial charge in [0.1, 0.15) is 18.2 Å². The summed E-state index contributed by atoms with van der Waals surface area (Å²) in [5.74, 6) is 1.47. The van der Waals surface area contributed by atoms with Gasteiger partial charge in [0.2, 0.25) is 5.88 Å². The first-order valence-electron chi connectivity index (χ1n) is 9.93. The lowest BCUT2D eigenvalue weighted by atomic mass is 10.0. The summed E-state index contributed by atoms with van der Waals surface area (Å²) in [5, 5.41) is 7.77. The quantitative estimate of drug-likeness (QED) is 0.635. The molecule has 148 valence electrons. The first kappa shape index (κ1) is 16.8. The molecule has 6 rings (SSSR count). The Balaban J connectivity index is 1.57. The highest BCUT2D eigenvalue weighted by atomic mass is 19.1. The van der Waals surface area contributed by atoms with Gasteiger partial charge >= 0.3 is 0 Å². The minimum absolute atomic E-state index is 0.0201. The van der Waals surface area contributed by atoms with Crippen LogP contribution in [0.15, 0.2) is 37.3 Å². The van der Waals surface area contributed by atoms with Crippen LogP contribution in [0.2, 0.25) is 0 Å². The van der Waals surface area contributed by atoms with E-state index in [0.717, 1.165) is 47.7 Å². The molecule has 0 amide bonds. The van der Waals surface area contributed by atoms with Crippen LogP contribution in [0.3, 0.4) is 0 Å². The molecule has 2 aliphatic heterocycles. The van der Waals surface area contributed by atoms with Crippen molar-refractivity contribution in [1.82, 2.24) is 24.9 Å². The highest BCUT2D eigenvalue weighted by molar-refractivity contribution is 5.74.